The van der Waals surface area contributed by atoms with Gasteiger partial charge in [0.05, 0.1) is 25.0 Å². The number of H-pyrrole nitrogens is 1. The molecule has 6 heteroatoms. The molecule has 0 unspecified atom stereocenters. The van der Waals surface area contributed by atoms with Crippen LogP contribution in [0.3, 0.4) is 0 Å². The lowest BCUT2D eigenvalue weighted by Gasteiger charge is -2.31. The molecule has 128 valence electrons. The number of hydrogen-bond donors (Lipinski definition) is 2. The predicted octanol–water partition coefficient (Wildman–Crippen LogP) is 1.39. The van der Waals surface area contributed by atoms with Crippen molar-refractivity contribution < 1.29 is 9.53 Å². The van der Waals surface area contributed by atoms with Crippen molar-refractivity contribution >= 4 is 5.91 Å². The third-order valence-electron chi connectivity index (χ3n) is 4.32. The van der Waals surface area contributed by atoms with Crippen LogP contribution in [-0.2, 0) is 11.2 Å². The summed E-state index contributed by atoms with van der Waals surface area (Å²) >= 11 is 0. The molecule has 1 fully saturated rings. The third-order valence-corrected chi connectivity index (χ3v) is 4.32. The van der Waals surface area contributed by atoms with E-state index < -0.39 is 0 Å². The lowest BCUT2D eigenvalue weighted by molar-refractivity contribution is 0.0333. The Morgan fingerprint density at radius 3 is 2.75 bits per heavy atom. The van der Waals surface area contributed by atoms with E-state index in [1.165, 1.54) is 5.56 Å². The SMILES string of the molecule is Cc1[nH]ncc1C(=O)N[C@H](Cc1ccccc1)CN1CCOCC1. The minimum absolute atomic E-state index is 0.0484. The first-order chi connectivity index (χ1) is 11.7. The fourth-order valence-electron chi connectivity index (χ4n) is 3.00. The third kappa shape index (κ3) is 4.43. The normalized spacial score (nSPS) is 16.7. The molecule has 6 nitrogen and oxygen atoms in total. The first-order valence-electron chi connectivity index (χ1n) is 8.37. The van der Waals surface area contributed by atoms with Crippen LogP contribution in [0.4, 0.5) is 0 Å². The van der Waals surface area contributed by atoms with Crippen LogP contribution in [0, 0.1) is 6.92 Å². The molecule has 0 bridgehead atoms. The number of nitrogens with zero attached hydrogens (tertiary/aromatic N) is 2. The Balaban J connectivity index is 1.68. The van der Waals surface area contributed by atoms with E-state index in [2.05, 4.69) is 32.5 Å². The number of ether oxygens (including phenoxy) is 1. The summed E-state index contributed by atoms with van der Waals surface area (Å²) in [6.45, 7) is 6.01. The van der Waals surface area contributed by atoms with Gasteiger partial charge in [-0.15, -0.1) is 0 Å². The molecule has 1 saturated heterocycles. The molecular formula is C18H24N4O2. The first kappa shape index (κ1) is 16.7. The fourth-order valence-corrected chi connectivity index (χ4v) is 3.00. The van der Waals surface area contributed by atoms with Gasteiger partial charge in [0.25, 0.3) is 5.91 Å². The molecule has 0 saturated carbocycles. The molecular weight excluding hydrogens is 304 g/mol. The maximum absolute atomic E-state index is 12.6. The Bertz CT molecular complexity index is 650. The van der Waals surface area contributed by atoms with E-state index in [1.54, 1.807) is 6.20 Å². The molecule has 2 aromatic rings. The molecule has 2 heterocycles. The van der Waals surface area contributed by atoms with Gasteiger partial charge in [-0.1, -0.05) is 30.3 Å². The lowest BCUT2D eigenvalue weighted by Crippen LogP contribution is -2.48. The number of benzene rings is 1. The van der Waals surface area contributed by atoms with Gasteiger partial charge in [0, 0.05) is 31.4 Å². The monoisotopic (exact) mass is 328 g/mol. The maximum atomic E-state index is 12.6. The standard InChI is InChI=1S/C18H24N4O2/c1-14-17(12-19-21-14)18(23)20-16(11-15-5-3-2-4-6-15)13-22-7-9-24-10-8-22/h2-6,12,16H,7-11,13H2,1H3,(H,19,21)(H,20,23)/t16-/m1/s1. The summed E-state index contributed by atoms with van der Waals surface area (Å²) < 4.78 is 5.41. The molecule has 1 aromatic carbocycles. The van der Waals surface area contributed by atoms with Gasteiger partial charge in [0.1, 0.15) is 0 Å². The Labute approximate surface area is 142 Å². The quantitative estimate of drug-likeness (QED) is 0.841. The first-order valence-corrected chi connectivity index (χ1v) is 8.37. The Kier molecular flexibility index (Phi) is 5.61. The van der Waals surface area contributed by atoms with E-state index in [9.17, 15) is 4.79 Å². The second-order valence-corrected chi connectivity index (χ2v) is 6.18. The van der Waals surface area contributed by atoms with Crippen molar-refractivity contribution in [1.29, 1.82) is 0 Å². The van der Waals surface area contributed by atoms with Gasteiger partial charge in [-0.25, -0.2) is 0 Å². The van der Waals surface area contributed by atoms with Crippen molar-refractivity contribution in [3.63, 3.8) is 0 Å². The second kappa shape index (κ2) is 8.08. The molecule has 0 radical (unpaired) electrons. The molecule has 1 aliphatic heterocycles. The summed E-state index contributed by atoms with van der Waals surface area (Å²) in [7, 11) is 0. The van der Waals surface area contributed by atoms with E-state index in [0.29, 0.717) is 5.56 Å². The molecule has 2 N–H and O–H groups in total. The number of amides is 1. The zero-order valence-electron chi connectivity index (χ0n) is 14.0. The van der Waals surface area contributed by atoms with Crippen molar-refractivity contribution in [2.24, 2.45) is 0 Å². The van der Waals surface area contributed by atoms with Gasteiger partial charge in [-0.2, -0.15) is 5.10 Å². The summed E-state index contributed by atoms with van der Waals surface area (Å²) in [5, 5.41) is 9.93. The number of morpholine rings is 1. The van der Waals surface area contributed by atoms with E-state index >= 15 is 0 Å². The largest absolute Gasteiger partial charge is 0.379 e. The highest BCUT2D eigenvalue weighted by Gasteiger charge is 2.21. The molecule has 24 heavy (non-hydrogen) atoms. The van der Waals surface area contributed by atoms with Gasteiger partial charge in [0.2, 0.25) is 0 Å². The van der Waals surface area contributed by atoms with Crippen LogP contribution in [0.5, 0.6) is 0 Å². The minimum atomic E-state index is -0.0737. The van der Waals surface area contributed by atoms with E-state index in [0.717, 1.165) is 45.0 Å². The smallest absolute Gasteiger partial charge is 0.255 e. The van der Waals surface area contributed by atoms with Crippen molar-refractivity contribution in [1.82, 2.24) is 20.4 Å². The predicted molar refractivity (Wildman–Crippen MR) is 92.0 cm³/mol. The summed E-state index contributed by atoms with van der Waals surface area (Å²) in [5.74, 6) is -0.0737. The minimum Gasteiger partial charge on any atom is -0.379 e. The number of aromatic amines is 1. The van der Waals surface area contributed by atoms with Crippen LogP contribution < -0.4 is 5.32 Å². The highest BCUT2D eigenvalue weighted by atomic mass is 16.5. The van der Waals surface area contributed by atoms with E-state index in [4.69, 9.17) is 4.74 Å². The van der Waals surface area contributed by atoms with Crippen molar-refractivity contribution in [2.75, 3.05) is 32.8 Å². The zero-order valence-corrected chi connectivity index (χ0v) is 14.0. The molecule has 1 aliphatic rings. The summed E-state index contributed by atoms with van der Waals surface area (Å²) in [6, 6.07) is 10.3. The number of carbonyl (C=O) groups is 1. The number of carbonyl (C=O) groups excluding carboxylic acids is 1. The van der Waals surface area contributed by atoms with Crippen molar-refractivity contribution in [3.05, 3.63) is 53.3 Å². The molecule has 0 spiro atoms. The van der Waals surface area contributed by atoms with Gasteiger partial charge < -0.3 is 10.1 Å². The molecule has 1 atom stereocenters. The Morgan fingerprint density at radius 2 is 2.08 bits per heavy atom. The number of nitrogens with one attached hydrogen (secondary N) is 2. The summed E-state index contributed by atoms with van der Waals surface area (Å²) in [4.78, 5) is 14.9. The van der Waals surface area contributed by atoms with Crippen LogP contribution in [-0.4, -0.2) is 59.9 Å². The molecule has 0 aliphatic carbocycles. The Hall–Kier alpha value is -2.18. The Morgan fingerprint density at radius 1 is 1.33 bits per heavy atom. The van der Waals surface area contributed by atoms with Gasteiger partial charge in [-0.3, -0.25) is 14.8 Å². The number of rotatable bonds is 6. The molecule has 3 rings (SSSR count). The lowest BCUT2D eigenvalue weighted by atomic mass is 10.0. The highest BCUT2D eigenvalue weighted by Crippen LogP contribution is 2.09. The van der Waals surface area contributed by atoms with Crippen LogP contribution in [0.25, 0.3) is 0 Å². The van der Waals surface area contributed by atoms with Crippen molar-refractivity contribution in [3.8, 4) is 0 Å². The van der Waals surface area contributed by atoms with E-state index in [-0.39, 0.29) is 11.9 Å². The highest BCUT2D eigenvalue weighted by molar-refractivity contribution is 5.95. The number of aryl methyl sites for hydroxylation is 1. The van der Waals surface area contributed by atoms with Crippen LogP contribution in [0.2, 0.25) is 0 Å². The van der Waals surface area contributed by atoms with Crippen LogP contribution >= 0.6 is 0 Å². The maximum Gasteiger partial charge on any atom is 0.255 e. The summed E-state index contributed by atoms with van der Waals surface area (Å²) in [6.07, 6.45) is 2.39. The number of aromatic nitrogens is 2. The van der Waals surface area contributed by atoms with Gasteiger partial charge >= 0.3 is 0 Å². The topological polar surface area (TPSA) is 70.2 Å². The average molecular weight is 328 g/mol. The second-order valence-electron chi connectivity index (χ2n) is 6.18. The fraction of sp³-hybridized carbons (Fsp3) is 0.444. The van der Waals surface area contributed by atoms with Gasteiger partial charge in [0.15, 0.2) is 0 Å². The van der Waals surface area contributed by atoms with Crippen molar-refractivity contribution in [2.45, 2.75) is 19.4 Å². The van der Waals surface area contributed by atoms with Crippen LogP contribution in [0.1, 0.15) is 21.6 Å². The molecule has 1 aromatic heterocycles. The average Bonchev–Trinajstić information content (AvgIpc) is 3.03. The van der Waals surface area contributed by atoms with Crippen LogP contribution in [0.15, 0.2) is 36.5 Å². The summed E-state index contributed by atoms with van der Waals surface area (Å²) in [5.41, 5.74) is 2.62. The zero-order chi connectivity index (χ0) is 16.8. The van der Waals surface area contributed by atoms with E-state index in [1.807, 2.05) is 25.1 Å². The van der Waals surface area contributed by atoms with Gasteiger partial charge in [-0.05, 0) is 18.9 Å². The number of hydrogen-bond acceptors (Lipinski definition) is 4. The molecule has 1 amide bonds.